The maximum Gasteiger partial charge on any atom is 0.261 e. The van der Waals surface area contributed by atoms with E-state index in [0.29, 0.717) is 19.1 Å². The molecule has 1 saturated heterocycles. The number of nitrogens with one attached hydrogen (secondary N) is 2. The van der Waals surface area contributed by atoms with E-state index in [0.717, 1.165) is 12.8 Å². The van der Waals surface area contributed by atoms with Gasteiger partial charge in [0, 0.05) is 24.4 Å². The molecular weight excluding hydrogens is 383 g/mol. The Morgan fingerprint density at radius 1 is 1.21 bits per heavy atom. The average molecular weight is 406 g/mol. The summed E-state index contributed by atoms with van der Waals surface area (Å²) in [5.41, 5.74) is 0.506. The Balaban J connectivity index is 1.66. The molecule has 2 aromatic rings. The van der Waals surface area contributed by atoms with Crippen molar-refractivity contribution in [2.75, 3.05) is 17.9 Å². The van der Waals surface area contributed by atoms with Gasteiger partial charge in [-0.05, 0) is 68.1 Å². The van der Waals surface area contributed by atoms with E-state index in [2.05, 4.69) is 10.0 Å². The number of hydrogen-bond acceptors (Lipinski definition) is 4. The minimum Gasteiger partial charge on any atom is -0.378 e. The van der Waals surface area contributed by atoms with E-state index in [1.165, 1.54) is 42.5 Å². The van der Waals surface area contributed by atoms with Crippen LogP contribution in [0.1, 0.15) is 30.1 Å². The van der Waals surface area contributed by atoms with Gasteiger partial charge in [-0.2, -0.15) is 0 Å². The third kappa shape index (κ3) is 5.30. The van der Waals surface area contributed by atoms with Crippen LogP contribution in [0.5, 0.6) is 0 Å². The molecule has 1 aliphatic rings. The molecule has 6 nitrogen and oxygen atoms in total. The topological polar surface area (TPSA) is 84.5 Å². The molecule has 28 heavy (non-hydrogen) atoms. The van der Waals surface area contributed by atoms with Gasteiger partial charge in [-0.15, -0.1) is 0 Å². The standard InChI is InChI=1S/C20H23FN2O4S/c1-14-11-15(9-10-27-14)13-22-20(24)16-3-2-4-19(12-16)28(25,26)23-18-7-5-17(21)6-8-18/h2-8,12,14-15,23H,9-11,13H2,1H3,(H,22,24)/t14-,15-/m0/s1. The smallest absolute Gasteiger partial charge is 0.261 e. The Morgan fingerprint density at radius 3 is 2.68 bits per heavy atom. The Hall–Kier alpha value is -2.45. The summed E-state index contributed by atoms with van der Waals surface area (Å²) in [4.78, 5) is 12.4. The van der Waals surface area contributed by atoms with Crippen molar-refractivity contribution >= 4 is 21.6 Å². The molecule has 2 aromatic carbocycles. The fourth-order valence-electron chi connectivity index (χ4n) is 3.15. The van der Waals surface area contributed by atoms with E-state index in [9.17, 15) is 17.6 Å². The number of hydrogen-bond donors (Lipinski definition) is 2. The van der Waals surface area contributed by atoms with E-state index < -0.39 is 15.8 Å². The van der Waals surface area contributed by atoms with Crippen molar-refractivity contribution in [2.45, 2.75) is 30.8 Å². The fourth-order valence-corrected chi connectivity index (χ4v) is 4.26. The first-order valence-corrected chi connectivity index (χ1v) is 10.6. The van der Waals surface area contributed by atoms with E-state index >= 15 is 0 Å². The van der Waals surface area contributed by atoms with Crippen LogP contribution in [0.3, 0.4) is 0 Å². The normalized spacial score (nSPS) is 19.8. The van der Waals surface area contributed by atoms with E-state index in [-0.39, 0.29) is 28.2 Å². The molecule has 0 saturated carbocycles. The van der Waals surface area contributed by atoms with Crippen LogP contribution < -0.4 is 10.0 Å². The highest BCUT2D eigenvalue weighted by Crippen LogP contribution is 2.20. The summed E-state index contributed by atoms with van der Waals surface area (Å²) in [6, 6.07) is 10.8. The molecule has 3 rings (SSSR count). The second-order valence-corrected chi connectivity index (χ2v) is 8.60. The lowest BCUT2D eigenvalue weighted by atomic mass is 9.96. The molecule has 0 aromatic heterocycles. The predicted molar refractivity (Wildman–Crippen MR) is 104 cm³/mol. The quantitative estimate of drug-likeness (QED) is 0.772. The summed E-state index contributed by atoms with van der Waals surface area (Å²) in [5, 5.41) is 2.87. The van der Waals surface area contributed by atoms with Crippen LogP contribution in [0.25, 0.3) is 0 Å². The van der Waals surface area contributed by atoms with Crippen molar-refractivity contribution in [3.8, 4) is 0 Å². The lowest BCUT2D eigenvalue weighted by Crippen LogP contribution is -2.34. The van der Waals surface area contributed by atoms with Gasteiger partial charge in [-0.25, -0.2) is 12.8 Å². The molecule has 2 N–H and O–H groups in total. The number of ether oxygens (including phenoxy) is 1. The molecule has 1 aliphatic heterocycles. The van der Waals surface area contributed by atoms with Crippen LogP contribution in [-0.4, -0.2) is 33.6 Å². The third-order valence-electron chi connectivity index (χ3n) is 4.65. The van der Waals surface area contributed by atoms with Gasteiger partial charge in [0.25, 0.3) is 15.9 Å². The lowest BCUT2D eigenvalue weighted by molar-refractivity contribution is 0.00302. The second-order valence-electron chi connectivity index (χ2n) is 6.92. The van der Waals surface area contributed by atoms with Crippen LogP contribution in [0.4, 0.5) is 10.1 Å². The Labute approximate surface area is 164 Å². The van der Waals surface area contributed by atoms with Gasteiger partial charge < -0.3 is 10.1 Å². The van der Waals surface area contributed by atoms with Crippen molar-refractivity contribution in [3.05, 3.63) is 59.9 Å². The Kier molecular flexibility index (Phi) is 6.31. The predicted octanol–water partition coefficient (Wildman–Crippen LogP) is 3.17. The molecular formula is C20H23FN2O4S. The molecule has 8 heteroatoms. The Morgan fingerprint density at radius 2 is 1.96 bits per heavy atom. The number of benzene rings is 2. The summed E-state index contributed by atoms with van der Waals surface area (Å²) in [5.74, 6) is -0.432. The van der Waals surface area contributed by atoms with Crippen molar-refractivity contribution in [2.24, 2.45) is 5.92 Å². The van der Waals surface area contributed by atoms with E-state index in [1.54, 1.807) is 6.07 Å². The summed E-state index contributed by atoms with van der Waals surface area (Å²) < 4.78 is 46.0. The van der Waals surface area contributed by atoms with Crippen LogP contribution in [-0.2, 0) is 14.8 Å². The molecule has 0 spiro atoms. The molecule has 1 amide bonds. The molecule has 0 unspecified atom stereocenters. The first kappa shape index (κ1) is 20.3. The molecule has 1 heterocycles. The maximum atomic E-state index is 13.0. The monoisotopic (exact) mass is 406 g/mol. The zero-order valence-electron chi connectivity index (χ0n) is 15.5. The highest BCUT2D eigenvalue weighted by Gasteiger charge is 2.21. The highest BCUT2D eigenvalue weighted by atomic mass is 32.2. The van der Waals surface area contributed by atoms with Crippen LogP contribution in [0, 0.1) is 11.7 Å². The number of anilines is 1. The number of carbonyl (C=O) groups is 1. The fraction of sp³-hybridized carbons (Fsp3) is 0.350. The molecule has 150 valence electrons. The zero-order valence-corrected chi connectivity index (χ0v) is 16.3. The average Bonchev–Trinajstić information content (AvgIpc) is 2.68. The number of sulfonamides is 1. The van der Waals surface area contributed by atoms with Gasteiger partial charge in [-0.1, -0.05) is 6.07 Å². The molecule has 2 atom stereocenters. The van der Waals surface area contributed by atoms with Gasteiger partial charge >= 0.3 is 0 Å². The third-order valence-corrected chi connectivity index (χ3v) is 6.03. The highest BCUT2D eigenvalue weighted by molar-refractivity contribution is 7.92. The SMILES string of the molecule is C[C@H]1C[C@@H](CNC(=O)c2cccc(S(=O)(=O)Nc3ccc(F)cc3)c2)CCO1. The zero-order chi connectivity index (χ0) is 20.1. The van der Waals surface area contributed by atoms with E-state index in [4.69, 9.17) is 4.74 Å². The number of rotatable bonds is 6. The minimum atomic E-state index is -3.89. The van der Waals surface area contributed by atoms with Gasteiger partial charge in [-0.3, -0.25) is 9.52 Å². The number of amides is 1. The second kappa shape index (κ2) is 8.70. The molecule has 0 aliphatic carbocycles. The summed E-state index contributed by atoms with van der Waals surface area (Å²) in [7, 11) is -3.89. The summed E-state index contributed by atoms with van der Waals surface area (Å²) in [6.45, 7) is 3.22. The van der Waals surface area contributed by atoms with Crippen LogP contribution >= 0.6 is 0 Å². The first-order chi connectivity index (χ1) is 13.3. The van der Waals surface area contributed by atoms with Crippen LogP contribution in [0.15, 0.2) is 53.4 Å². The maximum absolute atomic E-state index is 13.0. The number of carbonyl (C=O) groups excluding carboxylic acids is 1. The Bertz CT molecular complexity index is 931. The minimum absolute atomic E-state index is 0.0378. The van der Waals surface area contributed by atoms with Gasteiger partial charge in [0.15, 0.2) is 0 Å². The van der Waals surface area contributed by atoms with Crippen LogP contribution in [0.2, 0.25) is 0 Å². The molecule has 0 radical (unpaired) electrons. The largest absolute Gasteiger partial charge is 0.378 e. The summed E-state index contributed by atoms with van der Waals surface area (Å²) in [6.07, 6.45) is 1.96. The van der Waals surface area contributed by atoms with Crippen molar-refractivity contribution in [1.29, 1.82) is 0 Å². The van der Waals surface area contributed by atoms with E-state index in [1.807, 2.05) is 6.92 Å². The summed E-state index contributed by atoms with van der Waals surface area (Å²) >= 11 is 0. The molecule has 0 bridgehead atoms. The van der Waals surface area contributed by atoms with Gasteiger partial charge in [0.2, 0.25) is 0 Å². The van der Waals surface area contributed by atoms with Gasteiger partial charge in [0.1, 0.15) is 5.82 Å². The molecule has 1 fully saturated rings. The lowest BCUT2D eigenvalue weighted by Gasteiger charge is -2.27. The van der Waals surface area contributed by atoms with Crippen molar-refractivity contribution in [3.63, 3.8) is 0 Å². The van der Waals surface area contributed by atoms with Gasteiger partial charge in [0.05, 0.1) is 11.0 Å². The first-order valence-electron chi connectivity index (χ1n) is 9.12. The van der Waals surface area contributed by atoms with Crippen molar-refractivity contribution in [1.82, 2.24) is 5.32 Å². The number of halogens is 1. The van der Waals surface area contributed by atoms with Crippen molar-refractivity contribution < 1.29 is 22.3 Å².